The number of aromatic carboxylic acids is 1. The fourth-order valence-electron chi connectivity index (χ4n) is 2.71. The van der Waals surface area contributed by atoms with Crippen molar-refractivity contribution < 1.29 is 22.7 Å². The quantitative estimate of drug-likeness (QED) is 0.650. The van der Waals surface area contributed by atoms with Crippen LogP contribution < -0.4 is 0 Å². The van der Waals surface area contributed by atoms with Crippen molar-refractivity contribution in [3.05, 3.63) is 76.4 Å². The molecule has 3 rings (SSSR count). The lowest BCUT2D eigenvalue weighted by atomic mass is 10.1. The molecule has 2 aromatic carbocycles. The third kappa shape index (κ3) is 3.68. The summed E-state index contributed by atoms with van der Waals surface area (Å²) in [5.41, 5.74) is 1.34. The van der Waals surface area contributed by atoms with Gasteiger partial charge in [-0.3, -0.25) is 0 Å². The summed E-state index contributed by atoms with van der Waals surface area (Å²) in [6.07, 6.45) is 0. The smallest absolute Gasteiger partial charge is 0.346 e. The minimum atomic E-state index is -3.81. The highest BCUT2D eigenvalue weighted by Crippen LogP contribution is 2.34. The standard InChI is InChI=1S/C19H15FO4S2/c1-12-9-15(20)7-8-17(12)26(23,24)11-14-10-16(25-18(14)19(21)22)13-5-3-2-4-6-13/h2-10H,11H2,1H3,(H,21,22). The SMILES string of the molecule is Cc1cc(F)ccc1S(=O)(=O)Cc1cc(-c2ccccc2)sc1C(=O)O. The minimum Gasteiger partial charge on any atom is -0.477 e. The number of aryl methyl sites for hydroxylation is 1. The molecule has 134 valence electrons. The number of carbonyl (C=O) groups is 1. The van der Waals surface area contributed by atoms with Gasteiger partial charge in [-0.1, -0.05) is 30.3 Å². The van der Waals surface area contributed by atoms with Gasteiger partial charge in [0, 0.05) is 4.88 Å². The molecule has 0 bridgehead atoms. The highest BCUT2D eigenvalue weighted by Gasteiger charge is 2.24. The van der Waals surface area contributed by atoms with Crippen molar-refractivity contribution in [2.45, 2.75) is 17.6 Å². The monoisotopic (exact) mass is 390 g/mol. The number of rotatable bonds is 5. The van der Waals surface area contributed by atoms with Crippen LogP contribution in [0.3, 0.4) is 0 Å². The van der Waals surface area contributed by atoms with E-state index < -0.39 is 27.4 Å². The Bertz CT molecular complexity index is 1070. The molecular formula is C19H15FO4S2. The Kier molecular flexibility index (Phi) is 4.93. The maximum atomic E-state index is 13.3. The van der Waals surface area contributed by atoms with E-state index in [1.54, 1.807) is 6.07 Å². The fourth-order valence-corrected chi connectivity index (χ4v) is 5.44. The van der Waals surface area contributed by atoms with Crippen LogP contribution in [0.25, 0.3) is 10.4 Å². The molecule has 0 atom stereocenters. The highest BCUT2D eigenvalue weighted by atomic mass is 32.2. The first-order chi connectivity index (χ1) is 12.3. The summed E-state index contributed by atoms with van der Waals surface area (Å²) in [7, 11) is -3.81. The molecule has 0 saturated heterocycles. The highest BCUT2D eigenvalue weighted by molar-refractivity contribution is 7.90. The predicted molar refractivity (Wildman–Crippen MR) is 98.7 cm³/mol. The third-order valence-corrected chi connectivity index (χ3v) is 6.91. The zero-order valence-corrected chi connectivity index (χ0v) is 15.4. The van der Waals surface area contributed by atoms with Gasteiger partial charge in [0.1, 0.15) is 10.7 Å². The summed E-state index contributed by atoms with van der Waals surface area (Å²) < 4.78 is 38.7. The number of carboxylic acid groups (broad SMARTS) is 1. The lowest BCUT2D eigenvalue weighted by Crippen LogP contribution is -2.09. The van der Waals surface area contributed by atoms with Crippen LogP contribution >= 0.6 is 11.3 Å². The van der Waals surface area contributed by atoms with Crippen LogP contribution in [-0.4, -0.2) is 19.5 Å². The van der Waals surface area contributed by atoms with E-state index in [1.807, 2.05) is 30.3 Å². The Hall–Kier alpha value is -2.51. The van der Waals surface area contributed by atoms with Crippen molar-refractivity contribution in [2.24, 2.45) is 0 Å². The molecule has 0 spiro atoms. The summed E-state index contributed by atoms with van der Waals surface area (Å²) in [4.78, 5) is 12.2. The Morgan fingerprint density at radius 3 is 2.42 bits per heavy atom. The summed E-state index contributed by atoms with van der Waals surface area (Å²) in [5, 5.41) is 9.45. The number of sulfone groups is 1. The molecule has 0 unspecified atom stereocenters. The maximum Gasteiger partial charge on any atom is 0.346 e. The minimum absolute atomic E-state index is 0.00250. The van der Waals surface area contributed by atoms with E-state index in [9.17, 15) is 22.7 Å². The van der Waals surface area contributed by atoms with Gasteiger partial charge in [-0.05, 0) is 47.9 Å². The Morgan fingerprint density at radius 2 is 1.81 bits per heavy atom. The molecule has 0 saturated carbocycles. The Balaban J connectivity index is 2.03. The average Bonchev–Trinajstić information content (AvgIpc) is 2.98. The molecule has 0 aliphatic heterocycles. The first kappa shape index (κ1) is 18.3. The topological polar surface area (TPSA) is 71.4 Å². The van der Waals surface area contributed by atoms with Gasteiger partial charge >= 0.3 is 5.97 Å². The second-order valence-corrected chi connectivity index (χ2v) is 8.82. The normalized spacial score (nSPS) is 11.5. The molecule has 1 N–H and O–H groups in total. The summed E-state index contributed by atoms with van der Waals surface area (Å²) in [6.45, 7) is 1.51. The Morgan fingerprint density at radius 1 is 1.12 bits per heavy atom. The van der Waals surface area contributed by atoms with Crippen LogP contribution in [0.4, 0.5) is 4.39 Å². The van der Waals surface area contributed by atoms with Crippen LogP contribution in [0.1, 0.15) is 20.8 Å². The average molecular weight is 390 g/mol. The summed E-state index contributed by atoms with van der Waals surface area (Å²) >= 11 is 1.04. The number of thiophene rings is 1. The molecule has 0 aliphatic rings. The molecule has 1 heterocycles. The van der Waals surface area contributed by atoms with E-state index in [-0.39, 0.29) is 15.3 Å². The van der Waals surface area contributed by atoms with Gasteiger partial charge in [-0.15, -0.1) is 11.3 Å². The molecule has 0 fully saturated rings. The summed E-state index contributed by atoms with van der Waals surface area (Å²) in [5.74, 6) is -2.14. The van der Waals surface area contributed by atoms with Crippen molar-refractivity contribution in [3.8, 4) is 10.4 Å². The molecule has 1 aromatic heterocycles. The van der Waals surface area contributed by atoms with Crippen LogP contribution in [0, 0.1) is 12.7 Å². The molecular weight excluding hydrogens is 375 g/mol. The van der Waals surface area contributed by atoms with Crippen LogP contribution in [0.2, 0.25) is 0 Å². The predicted octanol–water partition coefficient (Wildman–Crippen LogP) is 4.53. The van der Waals surface area contributed by atoms with Crippen molar-refractivity contribution in [2.75, 3.05) is 0 Å². The molecule has 0 aliphatic carbocycles. The van der Waals surface area contributed by atoms with Gasteiger partial charge in [0.05, 0.1) is 10.6 Å². The first-order valence-corrected chi connectivity index (χ1v) is 10.1. The van der Waals surface area contributed by atoms with Gasteiger partial charge in [0.15, 0.2) is 9.84 Å². The zero-order chi connectivity index (χ0) is 18.9. The number of benzene rings is 2. The van der Waals surface area contributed by atoms with E-state index >= 15 is 0 Å². The largest absolute Gasteiger partial charge is 0.477 e. The van der Waals surface area contributed by atoms with Crippen molar-refractivity contribution in [1.29, 1.82) is 0 Å². The van der Waals surface area contributed by atoms with Crippen molar-refractivity contribution in [1.82, 2.24) is 0 Å². The van der Waals surface area contributed by atoms with E-state index in [2.05, 4.69) is 0 Å². The van der Waals surface area contributed by atoms with E-state index in [0.717, 1.165) is 29.0 Å². The van der Waals surface area contributed by atoms with E-state index in [4.69, 9.17) is 0 Å². The van der Waals surface area contributed by atoms with Gasteiger partial charge in [0.25, 0.3) is 0 Å². The molecule has 7 heteroatoms. The number of halogens is 1. The van der Waals surface area contributed by atoms with Crippen LogP contribution in [-0.2, 0) is 15.6 Å². The van der Waals surface area contributed by atoms with Crippen LogP contribution in [0.5, 0.6) is 0 Å². The number of hydrogen-bond acceptors (Lipinski definition) is 4. The second-order valence-electron chi connectivity index (χ2n) is 5.81. The first-order valence-electron chi connectivity index (χ1n) is 7.68. The van der Waals surface area contributed by atoms with E-state index in [0.29, 0.717) is 10.4 Å². The molecule has 0 amide bonds. The molecule has 26 heavy (non-hydrogen) atoms. The zero-order valence-electron chi connectivity index (χ0n) is 13.8. The second kappa shape index (κ2) is 7.01. The van der Waals surface area contributed by atoms with E-state index in [1.165, 1.54) is 13.0 Å². The summed E-state index contributed by atoms with van der Waals surface area (Å²) in [6, 6.07) is 14.2. The molecule has 3 aromatic rings. The fraction of sp³-hybridized carbons (Fsp3) is 0.105. The van der Waals surface area contributed by atoms with Gasteiger partial charge in [0.2, 0.25) is 0 Å². The molecule has 4 nitrogen and oxygen atoms in total. The lowest BCUT2D eigenvalue weighted by Gasteiger charge is -2.07. The Labute approximate surface area is 154 Å². The van der Waals surface area contributed by atoms with Gasteiger partial charge in [-0.2, -0.15) is 0 Å². The third-order valence-electron chi connectivity index (χ3n) is 3.88. The van der Waals surface area contributed by atoms with Crippen molar-refractivity contribution >= 4 is 27.1 Å². The maximum absolute atomic E-state index is 13.3. The van der Waals surface area contributed by atoms with Gasteiger partial charge < -0.3 is 5.11 Å². The van der Waals surface area contributed by atoms with Gasteiger partial charge in [-0.25, -0.2) is 17.6 Å². The van der Waals surface area contributed by atoms with Crippen molar-refractivity contribution in [3.63, 3.8) is 0 Å². The lowest BCUT2D eigenvalue weighted by molar-refractivity contribution is 0.0701. The number of carboxylic acids is 1. The van der Waals surface area contributed by atoms with Crippen LogP contribution in [0.15, 0.2) is 59.5 Å². The number of hydrogen-bond donors (Lipinski definition) is 1. The molecule has 0 radical (unpaired) electrons.